The number of nitrogens with one attached hydrogen (secondary N) is 1. The summed E-state index contributed by atoms with van der Waals surface area (Å²) in [5, 5.41) is 7.78. The first-order valence-electron chi connectivity index (χ1n) is 8.99. The molecule has 1 aliphatic heterocycles. The second kappa shape index (κ2) is 6.63. The third kappa shape index (κ3) is 2.87. The van der Waals surface area contributed by atoms with Gasteiger partial charge >= 0.3 is 0 Å². The molecule has 0 bridgehead atoms. The lowest BCUT2D eigenvalue weighted by Crippen LogP contribution is -2.32. The first kappa shape index (κ1) is 17.2. The molecule has 0 spiro atoms. The van der Waals surface area contributed by atoms with E-state index in [1.165, 1.54) is 35.0 Å². The molecule has 0 amide bonds. The lowest BCUT2D eigenvalue weighted by Gasteiger charge is -2.30. The zero-order valence-corrected chi connectivity index (χ0v) is 15.0. The van der Waals surface area contributed by atoms with E-state index in [1.54, 1.807) is 18.2 Å². The van der Waals surface area contributed by atoms with Crippen LogP contribution in [0.2, 0.25) is 0 Å². The van der Waals surface area contributed by atoms with E-state index in [0.29, 0.717) is 22.5 Å². The van der Waals surface area contributed by atoms with Gasteiger partial charge in [0, 0.05) is 22.4 Å². The molecule has 0 radical (unpaired) electrons. The van der Waals surface area contributed by atoms with Gasteiger partial charge in [-0.25, -0.2) is 13.5 Å². The molecule has 142 valence electrons. The summed E-state index contributed by atoms with van der Waals surface area (Å²) in [4.78, 5) is 17.0. The lowest BCUT2D eigenvalue weighted by atomic mass is 10.1. The van der Waals surface area contributed by atoms with Gasteiger partial charge in [0.05, 0.1) is 0 Å². The summed E-state index contributed by atoms with van der Waals surface area (Å²) < 4.78 is 29.4. The summed E-state index contributed by atoms with van der Waals surface area (Å²) in [6.07, 6.45) is -0.701. The van der Waals surface area contributed by atoms with Gasteiger partial charge in [0.1, 0.15) is 11.6 Å². The Morgan fingerprint density at radius 2 is 1.62 bits per heavy atom. The van der Waals surface area contributed by atoms with Gasteiger partial charge in [0.25, 0.3) is 5.56 Å². The van der Waals surface area contributed by atoms with E-state index < -0.39 is 23.4 Å². The highest BCUT2D eigenvalue weighted by molar-refractivity contribution is 5.76. The second-order valence-corrected chi connectivity index (χ2v) is 6.65. The van der Waals surface area contributed by atoms with Crippen molar-refractivity contribution in [3.8, 4) is 22.6 Å². The normalized spacial score (nSPS) is 14.6. The van der Waals surface area contributed by atoms with Crippen LogP contribution in [0.3, 0.4) is 0 Å². The molecule has 2 heterocycles. The van der Waals surface area contributed by atoms with Crippen molar-refractivity contribution in [1.82, 2.24) is 14.8 Å². The number of para-hydroxylation sites is 1. The zero-order valence-electron chi connectivity index (χ0n) is 15.0. The van der Waals surface area contributed by atoms with Gasteiger partial charge in [-0.1, -0.05) is 30.3 Å². The minimum absolute atomic E-state index is 0.0660. The van der Waals surface area contributed by atoms with E-state index in [-0.39, 0.29) is 5.69 Å². The molecule has 1 atom stereocenters. The number of hydrogen-bond acceptors (Lipinski definition) is 4. The summed E-state index contributed by atoms with van der Waals surface area (Å²) in [6, 6.07) is 19.1. The minimum Gasteiger partial charge on any atom is -0.359 e. The third-order valence-electron chi connectivity index (χ3n) is 4.86. The summed E-state index contributed by atoms with van der Waals surface area (Å²) in [7, 11) is 0. The molecule has 5 nitrogen and oxygen atoms in total. The average Bonchev–Trinajstić information content (AvgIpc) is 2.74. The van der Waals surface area contributed by atoms with Gasteiger partial charge in [0.15, 0.2) is 17.7 Å². The number of aromatic nitrogens is 3. The molecule has 0 saturated heterocycles. The number of nitrogens with zero attached hydrogens (tertiary/aromatic N) is 3. The van der Waals surface area contributed by atoms with Crippen molar-refractivity contribution < 1.29 is 8.78 Å². The van der Waals surface area contributed by atoms with Crippen LogP contribution in [0, 0.1) is 11.6 Å². The first-order chi connectivity index (χ1) is 14.1. The molecule has 29 heavy (non-hydrogen) atoms. The molecular formula is C22H14F2N4O. The van der Waals surface area contributed by atoms with Gasteiger partial charge in [-0.3, -0.25) is 4.79 Å². The SMILES string of the molecule is O=c1nc2n(nc1-c1ccc(F)cc1)[C@H](c1ccccc1F)Nc1ccccc1-2. The molecule has 1 aromatic heterocycles. The van der Waals surface area contributed by atoms with Gasteiger partial charge in [-0.2, -0.15) is 10.1 Å². The number of anilines is 1. The summed E-state index contributed by atoms with van der Waals surface area (Å²) >= 11 is 0. The quantitative estimate of drug-likeness (QED) is 0.559. The maximum atomic E-state index is 14.6. The molecule has 5 rings (SSSR count). The Morgan fingerprint density at radius 3 is 2.41 bits per heavy atom. The number of rotatable bonds is 2. The molecule has 0 unspecified atom stereocenters. The topological polar surface area (TPSA) is 59.8 Å². The lowest BCUT2D eigenvalue weighted by molar-refractivity contribution is 0.514. The van der Waals surface area contributed by atoms with Crippen molar-refractivity contribution in [2.24, 2.45) is 0 Å². The van der Waals surface area contributed by atoms with Gasteiger partial charge in [0.2, 0.25) is 0 Å². The fourth-order valence-corrected chi connectivity index (χ4v) is 3.47. The van der Waals surface area contributed by atoms with E-state index in [0.717, 1.165) is 5.69 Å². The Hall–Kier alpha value is -3.87. The van der Waals surface area contributed by atoms with Crippen molar-refractivity contribution in [1.29, 1.82) is 0 Å². The minimum atomic E-state index is -0.701. The van der Waals surface area contributed by atoms with E-state index in [9.17, 15) is 13.6 Å². The van der Waals surface area contributed by atoms with E-state index in [2.05, 4.69) is 15.4 Å². The van der Waals surface area contributed by atoms with E-state index in [4.69, 9.17) is 0 Å². The van der Waals surface area contributed by atoms with Crippen LogP contribution in [-0.2, 0) is 0 Å². The molecule has 0 saturated carbocycles. The highest BCUT2D eigenvalue weighted by atomic mass is 19.1. The predicted molar refractivity (Wildman–Crippen MR) is 105 cm³/mol. The van der Waals surface area contributed by atoms with Crippen LogP contribution in [0.5, 0.6) is 0 Å². The summed E-state index contributed by atoms with van der Waals surface area (Å²) in [5.41, 5.74) is 1.75. The monoisotopic (exact) mass is 388 g/mol. The Kier molecular flexibility index (Phi) is 3.94. The second-order valence-electron chi connectivity index (χ2n) is 6.65. The number of fused-ring (bicyclic) bond motifs is 3. The van der Waals surface area contributed by atoms with Crippen LogP contribution >= 0.6 is 0 Å². The predicted octanol–water partition coefficient (Wildman–Crippen LogP) is 4.22. The maximum Gasteiger partial charge on any atom is 0.300 e. The smallest absolute Gasteiger partial charge is 0.300 e. The molecule has 7 heteroatoms. The van der Waals surface area contributed by atoms with E-state index >= 15 is 0 Å². The van der Waals surface area contributed by atoms with Gasteiger partial charge < -0.3 is 5.32 Å². The van der Waals surface area contributed by atoms with E-state index in [1.807, 2.05) is 24.3 Å². The molecule has 1 N–H and O–H groups in total. The van der Waals surface area contributed by atoms with Crippen LogP contribution in [0.15, 0.2) is 77.6 Å². The Labute approximate surface area is 164 Å². The van der Waals surface area contributed by atoms with Crippen LogP contribution in [-0.4, -0.2) is 14.8 Å². The number of benzene rings is 3. The molecule has 3 aromatic carbocycles. The van der Waals surface area contributed by atoms with Gasteiger partial charge in [-0.15, -0.1) is 0 Å². The Bertz CT molecular complexity index is 1280. The van der Waals surface area contributed by atoms with Crippen molar-refractivity contribution in [2.75, 3.05) is 5.32 Å². The van der Waals surface area contributed by atoms with Crippen LogP contribution in [0.1, 0.15) is 11.7 Å². The van der Waals surface area contributed by atoms with Crippen molar-refractivity contribution in [3.63, 3.8) is 0 Å². The standard InChI is InChI=1S/C22H14F2N4O/c23-14-11-9-13(10-12-14)19-22(29)26-21-16-6-2-4-8-18(16)25-20(28(21)27-19)15-5-1-3-7-17(15)24/h1-12,20,25H/t20-/m1/s1. The highest BCUT2D eigenvalue weighted by Gasteiger charge is 2.29. The molecule has 0 fully saturated rings. The molecule has 4 aromatic rings. The van der Waals surface area contributed by atoms with Crippen molar-refractivity contribution >= 4 is 5.69 Å². The summed E-state index contributed by atoms with van der Waals surface area (Å²) in [5.74, 6) is -0.484. The first-order valence-corrected chi connectivity index (χ1v) is 8.99. The molecular weight excluding hydrogens is 374 g/mol. The Balaban J connectivity index is 1.77. The highest BCUT2D eigenvalue weighted by Crippen LogP contribution is 2.36. The summed E-state index contributed by atoms with van der Waals surface area (Å²) in [6.45, 7) is 0. The zero-order chi connectivity index (χ0) is 20.0. The fraction of sp³-hybridized carbons (Fsp3) is 0.0455. The van der Waals surface area contributed by atoms with Crippen molar-refractivity contribution in [3.05, 3.63) is 100 Å². The molecule has 0 aliphatic carbocycles. The van der Waals surface area contributed by atoms with Crippen molar-refractivity contribution in [2.45, 2.75) is 6.17 Å². The maximum absolute atomic E-state index is 14.6. The number of hydrogen-bond donors (Lipinski definition) is 1. The number of halogens is 2. The average molecular weight is 388 g/mol. The van der Waals surface area contributed by atoms with Crippen LogP contribution < -0.4 is 10.9 Å². The van der Waals surface area contributed by atoms with Crippen LogP contribution in [0.4, 0.5) is 14.5 Å². The molecule has 1 aliphatic rings. The fourth-order valence-electron chi connectivity index (χ4n) is 3.47. The largest absolute Gasteiger partial charge is 0.359 e. The van der Waals surface area contributed by atoms with Crippen LogP contribution in [0.25, 0.3) is 22.6 Å². The third-order valence-corrected chi connectivity index (χ3v) is 4.86. The Morgan fingerprint density at radius 1 is 0.897 bits per heavy atom. The van der Waals surface area contributed by atoms with Gasteiger partial charge in [-0.05, 0) is 42.5 Å².